The highest BCUT2D eigenvalue weighted by Crippen LogP contribution is 2.29. The zero-order chi connectivity index (χ0) is 12.4. The van der Waals surface area contributed by atoms with Crippen LogP contribution in [0.15, 0.2) is 12.4 Å². The van der Waals surface area contributed by atoms with Crippen LogP contribution in [0.3, 0.4) is 0 Å². The normalized spacial score (nSPS) is 12.9. The first kappa shape index (κ1) is 12.3. The summed E-state index contributed by atoms with van der Waals surface area (Å²) < 4.78 is 1.95. The van der Waals surface area contributed by atoms with Gasteiger partial charge in [-0.1, -0.05) is 0 Å². The molecule has 1 N–H and O–H groups in total. The van der Waals surface area contributed by atoms with Gasteiger partial charge in [0.25, 0.3) is 0 Å². The molecule has 0 aliphatic carbocycles. The molecule has 2 aromatic rings. The van der Waals surface area contributed by atoms with Crippen molar-refractivity contribution < 1.29 is 0 Å². The van der Waals surface area contributed by atoms with Crippen LogP contribution in [0.2, 0.25) is 0 Å². The number of thiazole rings is 1. The van der Waals surface area contributed by atoms with Gasteiger partial charge in [-0.3, -0.25) is 4.68 Å². The predicted molar refractivity (Wildman–Crippen MR) is 70.4 cm³/mol. The number of rotatable bonds is 4. The third kappa shape index (κ3) is 2.40. The molecular weight excluding hydrogens is 232 g/mol. The Bertz CT molecular complexity index is 500. The summed E-state index contributed by atoms with van der Waals surface area (Å²) in [5.74, 6) is 0. The van der Waals surface area contributed by atoms with Gasteiger partial charge in [0, 0.05) is 23.2 Å². The molecule has 0 saturated carbocycles. The van der Waals surface area contributed by atoms with Gasteiger partial charge >= 0.3 is 0 Å². The van der Waals surface area contributed by atoms with Crippen molar-refractivity contribution in [2.45, 2.75) is 33.4 Å². The third-order valence-corrected chi connectivity index (χ3v) is 3.94. The molecule has 0 aliphatic heterocycles. The second-order valence-electron chi connectivity index (χ2n) is 4.03. The Hall–Kier alpha value is -1.20. The van der Waals surface area contributed by atoms with E-state index in [1.807, 2.05) is 24.9 Å². The molecule has 4 nitrogen and oxygen atoms in total. The van der Waals surface area contributed by atoms with E-state index in [2.05, 4.69) is 35.4 Å². The molecule has 0 aromatic carbocycles. The summed E-state index contributed by atoms with van der Waals surface area (Å²) in [6.45, 7) is 7.10. The second kappa shape index (κ2) is 4.98. The van der Waals surface area contributed by atoms with Gasteiger partial charge in [-0.2, -0.15) is 5.10 Å². The van der Waals surface area contributed by atoms with E-state index in [9.17, 15) is 0 Å². The van der Waals surface area contributed by atoms with Crippen LogP contribution in [-0.4, -0.2) is 21.8 Å². The molecular formula is C12H18N4S. The van der Waals surface area contributed by atoms with Crippen molar-refractivity contribution >= 4 is 11.3 Å². The van der Waals surface area contributed by atoms with Crippen LogP contribution in [0.5, 0.6) is 0 Å². The van der Waals surface area contributed by atoms with Crippen LogP contribution in [-0.2, 0) is 6.54 Å². The van der Waals surface area contributed by atoms with Gasteiger partial charge in [0.2, 0.25) is 0 Å². The van der Waals surface area contributed by atoms with Gasteiger partial charge in [-0.25, -0.2) is 4.98 Å². The fraction of sp³-hybridized carbons (Fsp3) is 0.500. The molecule has 92 valence electrons. The number of aromatic nitrogens is 3. The summed E-state index contributed by atoms with van der Waals surface area (Å²) in [5.41, 5.74) is 2.30. The minimum Gasteiger partial charge on any atom is -0.309 e. The molecule has 0 amide bonds. The largest absolute Gasteiger partial charge is 0.309 e. The first-order valence-corrected chi connectivity index (χ1v) is 6.61. The van der Waals surface area contributed by atoms with Crippen molar-refractivity contribution in [3.8, 4) is 0 Å². The van der Waals surface area contributed by atoms with Crippen molar-refractivity contribution in [3.05, 3.63) is 33.5 Å². The number of hydrogen-bond donors (Lipinski definition) is 1. The van der Waals surface area contributed by atoms with E-state index in [4.69, 9.17) is 0 Å². The van der Waals surface area contributed by atoms with Gasteiger partial charge < -0.3 is 5.32 Å². The van der Waals surface area contributed by atoms with Gasteiger partial charge in [-0.05, 0) is 27.8 Å². The van der Waals surface area contributed by atoms with Gasteiger partial charge in [-0.15, -0.1) is 11.3 Å². The van der Waals surface area contributed by atoms with Gasteiger partial charge in [0.1, 0.15) is 0 Å². The quantitative estimate of drug-likeness (QED) is 0.905. The SMILES string of the molecule is CCn1cc(C(NC)c2sc(C)nc2C)cn1. The fourth-order valence-electron chi connectivity index (χ4n) is 1.97. The molecule has 0 fully saturated rings. The van der Waals surface area contributed by atoms with E-state index in [1.54, 1.807) is 11.3 Å². The van der Waals surface area contributed by atoms with Crippen molar-refractivity contribution in [2.24, 2.45) is 0 Å². The molecule has 2 heterocycles. The first-order valence-electron chi connectivity index (χ1n) is 5.79. The molecule has 17 heavy (non-hydrogen) atoms. The molecule has 0 spiro atoms. The molecule has 5 heteroatoms. The zero-order valence-corrected chi connectivity index (χ0v) is 11.5. The summed E-state index contributed by atoms with van der Waals surface area (Å²) in [4.78, 5) is 5.76. The summed E-state index contributed by atoms with van der Waals surface area (Å²) in [7, 11) is 1.97. The minimum atomic E-state index is 0.196. The van der Waals surface area contributed by atoms with Gasteiger partial charge in [0.15, 0.2) is 0 Å². The number of nitrogens with one attached hydrogen (secondary N) is 1. The molecule has 2 rings (SSSR count). The van der Waals surface area contributed by atoms with Gasteiger partial charge in [0.05, 0.1) is 22.9 Å². The molecule has 1 unspecified atom stereocenters. The van der Waals surface area contributed by atoms with E-state index < -0.39 is 0 Å². The monoisotopic (exact) mass is 250 g/mol. The smallest absolute Gasteiger partial charge is 0.0900 e. The number of nitrogens with zero attached hydrogens (tertiary/aromatic N) is 3. The maximum atomic E-state index is 4.48. The highest BCUT2D eigenvalue weighted by molar-refractivity contribution is 7.11. The lowest BCUT2D eigenvalue weighted by Crippen LogP contribution is -2.16. The standard InChI is InChI=1S/C12H18N4S/c1-5-16-7-10(6-14-16)11(13-4)12-8(2)15-9(3)17-12/h6-7,11,13H,5H2,1-4H3. The minimum absolute atomic E-state index is 0.196. The molecule has 1 atom stereocenters. The Morgan fingerprint density at radius 3 is 2.71 bits per heavy atom. The topological polar surface area (TPSA) is 42.7 Å². The van der Waals surface area contributed by atoms with Crippen LogP contribution >= 0.6 is 11.3 Å². The Balaban J connectivity index is 2.36. The summed E-state index contributed by atoms with van der Waals surface area (Å²) in [5, 5.41) is 8.78. The Kier molecular flexibility index (Phi) is 3.59. The molecule has 0 saturated heterocycles. The van der Waals surface area contributed by atoms with E-state index in [-0.39, 0.29) is 6.04 Å². The van der Waals surface area contributed by atoms with Crippen molar-refractivity contribution in [2.75, 3.05) is 7.05 Å². The fourth-order valence-corrected chi connectivity index (χ4v) is 3.03. The van der Waals surface area contributed by atoms with Crippen LogP contribution in [0.4, 0.5) is 0 Å². The predicted octanol–water partition coefficient (Wildman–Crippen LogP) is 2.29. The lowest BCUT2D eigenvalue weighted by molar-refractivity contribution is 0.654. The number of aryl methyl sites for hydroxylation is 3. The highest BCUT2D eigenvalue weighted by Gasteiger charge is 2.19. The van der Waals surface area contributed by atoms with Crippen molar-refractivity contribution in [1.29, 1.82) is 0 Å². The molecule has 0 radical (unpaired) electrons. The van der Waals surface area contributed by atoms with E-state index >= 15 is 0 Å². The summed E-state index contributed by atoms with van der Waals surface area (Å²) in [6.07, 6.45) is 4.02. The highest BCUT2D eigenvalue weighted by atomic mass is 32.1. The Labute approximate surface area is 106 Å². The first-order chi connectivity index (χ1) is 8.15. The molecule has 0 aliphatic rings. The summed E-state index contributed by atoms with van der Waals surface area (Å²) >= 11 is 1.75. The molecule has 2 aromatic heterocycles. The van der Waals surface area contributed by atoms with Crippen LogP contribution in [0.1, 0.15) is 34.1 Å². The van der Waals surface area contributed by atoms with Crippen LogP contribution in [0.25, 0.3) is 0 Å². The maximum Gasteiger partial charge on any atom is 0.0900 e. The van der Waals surface area contributed by atoms with Crippen molar-refractivity contribution in [1.82, 2.24) is 20.1 Å². The second-order valence-corrected chi connectivity index (χ2v) is 5.27. The van der Waals surface area contributed by atoms with E-state index in [0.717, 1.165) is 17.2 Å². The van der Waals surface area contributed by atoms with Crippen LogP contribution < -0.4 is 5.32 Å². The summed E-state index contributed by atoms with van der Waals surface area (Å²) in [6, 6.07) is 0.196. The lowest BCUT2D eigenvalue weighted by atomic mass is 10.1. The lowest BCUT2D eigenvalue weighted by Gasteiger charge is -2.12. The zero-order valence-electron chi connectivity index (χ0n) is 10.7. The average Bonchev–Trinajstić information content (AvgIpc) is 2.88. The molecule has 0 bridgehead atoms. The Morgan fingerprint density at radius 2 is 2.24 bits per heavy atom. The van der Waals surface area contributed by atoms with Crippen LogP contribution in [0, 0.1) is 13.8 Å². The van der Waals surface area contributed by atoms with Crippen molar-refractivity contribution in [3.63, 3.8) is 0 Å². The average molecular weight is 250 g/mol. The Morgan fingerprint density at radius 1 is 1.47 bits per heavy atom. The maximum absolute atomic E-state index is 4.48. The third-order valence-electron chi connectivity index (χ3n) is 2.80. The number of hydrogen-bond acceptors (Lipinski definition) is 4. The van der Waals surface area contributed by atoms with E-state index in [1.165, 1.54) is 10.4 Å². The van der Waals surface area contributed by atoms with E-state index in [0.29, 0.717) is 0 Å².